The van der Waals surface area contributed by atoms with Crippen LogP contribution in [0.25, 0.3) is 16.9 Å². The van der Waals surface area contributed by atoms with Crippen LogP contribution < -0.4 is 5.32 Å². The molecule has 1 unspecified atom stereocenters. The maximum atomic E-state index is 13.2. The maximum absolute atomic E-state index is 13.2. The first-order chi connectivity index (χ1) is 15.6. The first-order valence-corrected chi connectivity index (χ1v) is 10.7. The van der Waals surface area contributed by atoms with E-state index < -0.39 is 5.92 Å². The number of imidazole rings is 1. The van der Waals surface area contributed by atoms with Crippen LogP contribution in [0.4, 0.5) is 5.82 Å². The molecule has 0 radical (unpaired) electrons. The van der Waals surface area contributed by atoms with Gasteiger partial charge in [-0.1, -0.05) is 66.2 Å². The summed E-state index contributed by atoms with van der Waals surface area (Å²) in [7, 11) is 0. The fourth-order valence-electron chi connectivity index (χ4n) is 4.15. The van der Waals surface area contributed by atoms with Gasteiger partial charge in [-0.05, 0) is 24.6 Å². The van der Waals surface area contributed by atoms with Gasteiger partial charge in [0.1, 0.15) is 17.2 Å². The van der Waals surface area contributed by atoms with Gasteiger partial charge in [0, 0.05) is 31.3 Å². The van der Waals surface area contributed by atoms with Gasteiger partial charge in [-0.3, -0.25) is 14.0 Å². The molecular weight excluding hydrogens is 400 g/mol. The lowest BCUT2D eigenvalue weighted by molar-refractivity contribution is -0.128. The highest BCUT2D eigenvalue weighted by molar-refractivity contribution is 5.99. The highest BCUT2D eigenvalue weighted by atomic mass is 16.2. The molecule has 160 valence electrons. The highest BCUT2D eigenvalue weighted by Gasteiger charge is 2.35. The van der Waals surface area contributed by atoms with Crippen LogP contribution >= 0.6 is 0 Å². The van der Waals surface area contributed by atoms with Gasteiger partial charge in [0.15, 0.2) is 0 Å². The van der Waals surface area contributed by atoms with Gasteiger partial charge in [-0.2, -0.15) is 0 Å². The zero-order valence-corrected chi connectivity index (χ0v) is 17.9. The summed E-state index contributed by atoms with van der Waals surface area (Å²) in [6.45, 7) is 2.97. The number of nitrogens with one attached hydrogen (secondary N) is 1. The van der Waals surface area contributed by atoms with Crippen molar-refractivity contribution in [3.8, 4) is 11.3 Å². The van der Waals surface area contributed by atoms with Crippen LogP contribution in [-0.4, -0.2) is 32.6 Å². The summed E-state index contributed by atoms with van der Waals surface area (Å²) in [4.78, 5) is 32.3. The lowest BCUT2D eigenvalue weighted by Gasteiger charge is -2.17. The van der Waals surface area contributed by atoms with Gasteiger partial charge in [-0.25, -0.2) is 4.98 Å². The number of amides is 2. The van der Waals surface area contributed by atoms with Crippen molar-refractivity contribution >= 4 is 23.3 Å². The van der Waals surface area contributed by atoms with Crippen LogP contribution in [0, 0.1) is 12.8 Å². The second-order valence-electron chi connectivity index (χ2n) is 8.25. The Hall–Kier alpha value is -3.93. The molecule has 6 nitrogen and oxygen atoms in total. The van der Waals surface area contributed by atoms with E-state index in [4.69, 9.17) is 4.98 Å². The Morgan fingerprint density at radius 2 is 1.78 bits per heavy atom. The number of hydrogen-bond acceptors (Lipinski definition) is 3. The molecule has 1 N–H and O–H groups in total. The minimum atomic E-state index is -0.397. The molecule has 0 bridgehead atoms. The zero-order valence-electron chi connectivity index (χ0n) is 17.9. The topological polar surface area (TPSA) is 66.7 Å². The largest absolute Gasteiger partial charge is 0.338 e. The molecule has 1 aliphatic heterocycles. The third-order valence-electron chi connectivity index (χ3n) is 5.90. The van der Waals surface area contributed by atoms with E-state index in [1.807, 2.05) is 90.3 Å². The van der Waals surface area contributed by atoms with Gasteiger partial charge in [0.25, 0.3) is 0 Å². The van der Waals surface area contributed by atoms with Crippen LogP contribution in [0.1, 0.15) is 17.5 Å². The number of pyridine rings is 1. The maximum Gasteiger partial charge on any atom is 0.230 e. The summed E-state index contributed by atoms with van der Waals surface area (Å²) in [6, 6.07) is 23.7. The average molecular weight is 425 g/mol. The molecule has 2 aromatic carbocycles. The van der Waals surface area contributed by atoms with Crippen LogP contribution in [0.15, 0.2) is 79.0 Å². The Morgan fingerprint density at radius 3 is 2.56 bits per heavy atom. The van der Waals surface area contributed by atoms with E-state index in [1.54, 1.807) is 4.90 Å². The molecule has 6 heteroatoms. The minimum absolute atomic E-state index is 0.00662. The van der Waals surface area contributed by atoms with Crippen molar-refractivity contribution in [1.29, 1.82) is 0 Å². The fraction of sp³-hybridized carbons (Fsp3) is 0.192. The average Bonchev–Trinajstić information content (AvgIpc) is 3.37. The summed E-state index contributed by atoms with van der Waals surface area (Å²) >= 11 is 0. The molecule has 1 saturated heterocycles. The Labute approximate surface area is 186 Å². The van der Waals surface area contributed by atoms with E-state index >= 15 is 0 Å². The SMILES string of the molecule is Cc1ccc(CN2CC(C(=O)Nc3c(-c4ccccc4)nc4ccccn34)CC2=O)cc1. The number of aromatic nitrogens is 2. The van der Waals surface area contributed by atoms with E-state index in [1.165, 1.54) is 5.56 Å². The van der Waals surface area contributed by atoms with Gasteiger partial charge in [-0.15, -0.1) is 0 Å². The quantitative estimate of drug-likeness (QED) is 0.520. The van der Waals surface area contributed by atoms with Crippen molar-refractivity contribution in [3.05, 3.63) is 90.1 Å². The summed E-state index contributed by atoms with van der Waals surface area (Å²) in [5.74, 6) is 0.0757. The van der Waals surface area contributed by atoms with E-state index in [-0.39, 0.29) is 18.2 Å². The summed E-state index contributed by atoms with van der Waals surface area (Å²) in [6.07, 6.45) is 2.10. The van der Waals surface area contributed by atoms with Crippen molar-refractivity contribution in [2.24, 2.45) is 5.92 Å². The van der Waals surface area contributed by atoms with Crippen LogP contribution in [-0.2, 0) is 16.1 Å². The third kappa shape index (κ3) is 3.87. The lowest BCUT2D eigenvalue weighted by Crippen LogP contribution is -2.28. The van der Waals surface area contributed by atoms with E-state index in [0.717, 1.165) is 16.8 Å². The Bertz CT molecular complexity index is 1280. The summed E-state index contributed by atoms with van der Waals surface area (Å²) in [5, 5.41) is 3.07. The molecule has 1 atom stereocenters. The first kappa shape index (κ1) is 20.0. The number of likely N-dealkylation sites (tertiary alicyclic amines) is 1. The smallest absolute Gasteiger partial charge is 0.230 e. The number of hydrogen-bond donors (Lipinski definition) is 1. The van der Waals surface area contributed by atoms with E-state index in [2.05, 4.69) is 5.32 Å². The van der Waals surface area contributed by atoms with Crippen LogP contribution in [0.2, 0.25) is 0 Å². The minimum Gasteiger partial charge on any atom is -0.338 e. The van der Waals surface area contributed by atoms with Crippen molar-refractivity contribution in [1.82, 2.24) is 14.3 Å². The number of aryl methyl sites for hydroxylation is 1. The molecule has 0 aliphatic carbocycles. The number of fused-ring (bicyclic) bond motifs is 1. The molecule has 0 saturated carbocycles. The van der Waals surface area contributed by atoms with Gasteiger partial charge < -0.3 is 10.2 Å². The molecule has 1 fully saturated rings. The molecule has 2 amide bonds. The van der Waals surface area contributed by atoms with E-state index in [9.17, 15) is 9.59 Å². The standard InChI is InChI=1S/C26H24N4O2/c1-18-10-12-19(13-11-18)16-29-17-21(15-23(29)31)26(32)28-25-24(20-7-3-2-4-8-20)27-22-9-5-6-14-30(22)25/h2-14,21H,15-17H2,1H3,(H,28,32). The first-order valence-electron chi connectivity index (χ1n) is 10.7. The zero-order chi connectivity index (χ0) is 22.1. The molecular formula is C26H24N4O2. The Kier molecular flexibility index (Phi) is 5.19. The number of nitrogens with zero attached hydrogens (tertiary/aromatic N) is 3. The Morgan fingerprint density at radius 1 is 1.03 bits per heavy atom. The molecule has 4 aromatic rings. The van der Waals surface area contributed by atoms with Crippen molar-refractivity contribution in [2.45, 2.75) is 19.9 Å². The number of anilines is 1. The fourth-order valence-corrected chi connectivity index (χ4v) is 4.15. The molecule has 2 aromatic heterocycles. The number of benzene rings is 2. The van der Waals surface area contributed by atoms with E-state index in [0.29, 0.717) is 24.6 Å². The second kappa shape index (κ2) is 8.30. The predicted molar refractivity (Wildman–Crippen MR) is 124 cm³/mol. The normalized spacial score (nSPS) is 16.0. The molecule has 0 spiro atoms. The lowest BCUT2D eigenvalue weighted by atomic mass is 10.1. The predicted octanol–water partition coefficient (Wildman–Crippen LogP) is 4.30. The van der Waals surface area contributed by atoms with Crippen LogP contribution in [0.3, 0.4) is 0 Å². The monoisotopic (exact) mass is 424 g/mol. The van der Waals surface area contributed by atoms with Gasteiger partial charge >= 0.3 is 0 Å². The third-order valence-corrected chi connectivity index (χ3v) is 5.90. The summed E-state index contributed by atoms with van der Waals surface area (Å²) < 4.78 is 1.88. The van der Waals surface area contributed by atoms with Crippen molar-refractivity contribution in [2.75, 3.05) is 11.9 Å². The van der Waals surface area contributed by atoms with Crippen molar-refractivity contribution in [3.63, 3.8) is 0 Å². The van der Waals surface area contributed by atoms with Crippen LogP contribution in [0.5, 0.6) is 0 Å². The molecule has 3 heterocycles. The number of carbonyl (C=O) groups excluding carboxylic acids is 2. The number of rotatable bonds is 5. The van der Waals surface area contributed by atoms with Gasteiger partial charge in [0.05, 0.1) is 5.92 Å². The second-order valence-corrected chi connectivity index (χ2v) is 8.25. The van der Waals surface area contributed by atoms with Gasteiger partial charge in [0.2, 0.25) is 11.8 Å². The summed E-state index contributed by atoms with van der Waals surface area (Å²) in [5.41, 5.74) is 4.64. The Balaban J connectivity index is 1.37. The number of carbonyl (C=O) groups is 2. The highest BCUT2D eigenvalue weighted by Crippen LogP contribution is 2.30. The molecule has 32 heavy (non-hydrogen) atoms. The van der Waals surface area contributed by atoms with Crippen molar-refractivity contribution < 1.29 is 9.59 Å². The molecule has 5 rings (SSSR count). The molecule has 1 aliphatic rings.